The van der Waals surface area contributed by atoms with Crippen molar-refractivity contribution in [2.45, 2.75) is 39.5 Å². The highest BCUT2D eigenvalue weighted by atomic mass is 16.5. The first-order valence-corrected chi connectivity index (χ1v) is 9.13. The van der Waals surface area contributed by atoms with E-state index in [1.54, 1.807) is 4.68 Å². The number of amides is 1. The average molecular weight is 367 g/mol. The number of carbonyl (C=O) groups excluding carboxylic acids is 1. The van der Waals surface area contributed by atoms with Crippen molar-refractivity contribution in [3.63, 3.8) is 0 Å². The van der Waals surface area contributed by atoms with E-state index in [1.165, 1.54) is 0 Å². The first-order chi connectivity index (χ1) is 13.0. The minimum absolute atomic E-state index is 0.0318. The number of nitrogens with two attached hydrogens (primary N) is 1. The van der Waals surface area contributed by atoms with Crippen molar-refractivity contribution in [3.8, 4) is 5.69 Å². The standard InChI is InChI=1S/C20H25N5O2/c1-14-18(15(2)27-24-14)10-11-20(26)22-12-6-7-16-13-19(21)25(23-16)17-8-4-3-5-9-17/h3-5,8-9,13H,6-7,10-12,21H2,1-2H3,(H,22,26). The Labute approximate surface area is 158 Å². The molecular formula is C20H25N5O2. The van der Waals surface area contributed by atoms with E-state index in [1.807, 2.05) is 50.2 Å². The molecule has 0 radical (unpaired) electrons. The third-order valence-electron chi connectivity index (χ3n) is 4.50. The molecule has 0 atom stereocenters. The number of nitrogens with one attached hydrogen (secondary N) is 1. The number of hydrogen-bond donors (Lipinski definition) is 2. The minimum atomic E-state index is 0.0318. The van der Waals surface area contributed by atoms with E-state index in [0.717, 1.165) is 41.2 Å². The molecule has 0 unspecified atom stereocenters. The molecule has 0 fully saturated rings. The number of carbonyl (C=O) groups is 1. The largest absolute Gasteiger partial charge is 0.384 e. The van der Waals surface area contributed by atoms with Gasteiger partial charge < -0.3 is 15.6 Å². The minimum Gasteiger partial charge on any atom is -0.384 e. The smallest absolute Gasteiger partial charge is 0.220 e. The zero-order valence-electron chi connectivity index (χ0n) is 15.7. The SMILES string of the molecule is Cc1noc(C)c1CCC(=O)NCCCc1cc(N)n(-c2ccccc2)n1. The summed E-state index contributed by atoms with van der Waals surface area (Å²) < 4.78 is 6.85. The van der Waals surface area contributed by atoms with Gasteiger partial charge in [-0.05, 0) is 45.2 Å². The van der Waals surface area contributed by atoms with Crippen LogP contribution in [0.2, 0.25) is 0 Å². The Bertz CT molecular complexity index is 879. The lowest BCUT2D eigenvalue weighted by Crippen LogP contribution is -2.25. The van der Waals surface area contributed by atoms with Gasteiger partial charge in [0.05, 0.1) is 17.1 Å². The van der Waals surface area contributed by atoms with Gasteiger partial charge in [-0.25, -0.2) is 4.68 Å². The third-order valence-corrected chi connectivity index (χ3v) is 4.50. The quantitative estimate of drug-likeness (QED) is 0.597. The van der Waals surface area contributed by atoms with Gasteiger partial charge in [0.1, 0.15) is 11.6 Å². The van der Waals surface area contributed by atoms with Gasteiger partial charge in [0.25, 0.3) is 0 Å². The highest BCUT2D eigenvalue weighted by molar-refractivity contribution is 5.76. The van der Waals surface area contributed by atoms with E-state index in [2.05, 4.69) is 15.6 Å². The molecule has 3 aromatic rings. The fraction of sp³-hybridized carbons (Fsp3) is 0.350. The van der Waals surface area contributed by atoms with E-state index >= 15 is 0 Å². The normalized spacial score (nSPS) is 10.9. The number of aryl methyl sites for hydroxylation is 3. The second-order valence-corrected chi connectivity index (χ2v) is 6.56. The summed E-state index contributed by atoms with van der Waals surface area (Å²) in [6.07, 6.45) is 2.64. The van der Waals surface area contributed by atoms with Gasteiger partial charge in [-0.2, -0.15) is 5.10 Å². The number of nitrogen functional groups attached to an aromatic ring is 1. The molecule has 0 saturated carbocycles. The Morgan fingerprint density at radius 1 is 1.22 bits per heavy atom. The lowest BCUT2D eigenvalue weighted by Gasteiger charge is -2.05. The predicted molar refractivity (Wildman–Crippen MR) is 104 cm³/mol. The first kappa shape index (κ1) is 18.7. The molecule has 27 heavy (non-hydrogen) atoms. The topological polar surface area (TPSA) is 99.0 Å². The van der Waals surface area contributed by atoms with Gasteiger partial charge in [0.15, 0.2) is 0 Å². The van der Waals surface area contributed by atoms with Crippen LogP contribution in [-0.4, -0.2) is 27.4 Å². The molecule has 2 heterocycles. The Morgan fingerprint density at radius 3 is 2.70 bits per heavy atom. The highest BCUT2D eigenvalue weighted by Gasteiger charge is 2.11. The van der Waals surface area contributed by atoms with Crippen molar-refractivity contribution < 1.29 is 9.32 Å². The van der Waals surface area contributed by atoms with Gasteiger partial charge in [0, 0.05) is 24.6 Å². The van der Waals surface area contributed by atoms with Crippen molar-refractivity contribution >= 4 is 11.7 Å². The second kappa shape index (κ2) is 8.53. The summed E-state index contributed by atoms with van der Waals surface area (Å²) >= 11 is 0. The number of rotatable bonds is 8. The third kappa shape index (κ3) is 4.75. The van der Waals surface area contributed by atoms with Gasteiger partial charge in [-0.1, -0.05) is 23.4 Å². The van der Waals surface area contributed by atoms with Crippen molar-refractivity contribution in [3.05, 3.63) is 59.1 Å². The van der Waals surface area contributed by atoms with Gasteiger partial charge >= 0.3 is 0 Å². The molecular weight excluding hydrogens is 342 g/mol. The van der Waals surface area contributed by atoms with Crippen LogP contribution < -0.4 is 11.1 Å². The maximum absolute atomic E-state index is 12.0. The van der Waals surface area contributed by atoms with Crippen LogP contribution in [0.25, 0.3) is 5.69 Å². The molecule has 3 rings (SSSR count). The van der Waals surface area contributed by atoms with E-state index in [4.69, 9.17) is 10.3 Å². The molecule has 0 spiro atoms. The summed E-state index contributed by atoms with van der Waals surface area (Å²) in [4.78, 5) is 12.0. The van der Waals surface area contributed by atoms with Crippen LogP contribution in [0.5, 0.6) is 0 Å². The molecule has 0 saturated heterocycles. The Morgan fingerprint density at radius 2 is 2.00 bits per heavy atom. The molecule has 3 N–H and O–H groups in total. The number of nitrogens with zero attached hydrogens (tertiary/aromatic N) is 3. The second-order valence-electron chi connectivity index (χ2n) is 6.56. The Hall–Kier alpha value is -3.09. The molecule has 7 heteroatoms. The highest BCUT2D eigenvalue weighted by Crippen LogP contribution is 2.15. The summed E-state index contributed by atoms with van der Waals surface area (Å²) in [5.41, 5.74) is 9.78. The number of benzene rings is 1. The number of aromatic nitrogens is 3. The Kier molecular flexibility index (Phi) is 5.90. The van der Waals surface area contributed by atoms with Crippen LogP contribution in [0.1, 0.15) is 35.6 Å². The number of anilines is 1. The molecule has 142 valence electrons. The molecule has 0 aliphatic carbocycles. The van der Waals surface area contributed by atoms with Crippen LogP contribution in [0.4, 0.5) is 5.82 Å². The van der Waals surface area contributed by atoms with Crippen molar-refractivity contribution in [2.75, 3.05) is 12.3 Å². The van der Waals surface area contributed by atoms with Gasteiger partial charge in [-0.3, -0.25) is 4.79 Å². The molecule has 2 aromatic heterocycles. The van der Waals surface area contributed by atoms with E-state index < -0.39 is 0 Å². The lowest BCUT2D eigenvalue weighted by molar-refractivity contribution is -0.121. The van der Waals surface area contributed by atoms with Crippen LogP contribution >= 0.6 is 0 Å². The summed E-state index contributed by atoms with van der Waals surface area (Å²) in [7, 11) is 0. The molecule has 1 aromatic carbocycles. The first-order valence-electron chi connectivity index (χ1n) is 9.13. The molecule has 7 nitrogen and oxygen atoms in total. The van der Waals surface area contributed by atoms with Crippen molar-refractivity contribution in [1.29, 1.82) is 0 Å². The fourth-order valence-electron chi connectivity index (χ4n) is 3.03. The molecule has 0 bridgehead atoms. The lowest BCUT2D eigenvalue weighted by atomic mass is 10.1. The van der Waals surface area contributed by atoms with Gasteiger partial charge in [0.2, 0.25) is 5.91 Å². The van der Waals surface area contributed by atoms with Crippen molar-refractivity contribution in [2.24, 2.45) is 0 Å². The zero-order valence-corrected chi connectivity index (χ0v) is 15.7. The summed E-state index contributed by atoms with van der Waals surface area (Å²) in [6.45, 7) is 4.37. The van der Waals surface area contributed by atoms with Crippen LogP contribution in [-0.2, 0) is 17.6 Å². The van der Waals surface area contributed by atoms with Crippen molar-refractivity contribution in [1.82, 2.24) is 20.3 Å². The van der Waals surface area contributed by atoms with E-state index in [9.17, 15) is 4.79 Å². The van der Waals surface area contributed by atoms with Gasteiger partial charge in [-0.15, -0.1) is 0 Å². The average Bonchev–Trinajstić information content (AvgIpc) is 3.20. The van der Waals surface area contributed by atoms with Crippen LogP contribution in [0.3, 0.4) is 0 Å². The molecule has 0 aliphatic heterocycles. The zero-order chi connectivity index (χ0) is 19.2. The summed E-state index contributed by atoms with van der Waals surface area (Å²) in [5, 5.41) is 11.4. The Balaban J connectivity index is 1.42. The van der Waals surface area contributed by atoms with E-state index in [-0.39, 0.29) is 5.91 Å². The summed E-state index contributed by atoms with van der Waals surface area (Å²) in [5.74, 6) is 1.43. The van der Waals surface area contributed by atoms with E-state index in [0.29, 0.717) is 25.2 Å². The maximum Gasteiger partial charge on any atom is 0.220 e. The molecule has 1 amide bonds. The van der Waals surface area contributed by atoms with Crippen LogP contribution in [0.15, 0.2) is 40.9 Å². The number of para-hydroxylation sites is 1. The molecule has 0 aliphatic rings. The predicted octanol–water partition coefficient (Wildman–Crippen LogP) is 2.74. The summed E-state index contributed by atoms with van der Waals surface area (Å²) in [6, 6.07) is 11.7. The maximum atomic E-state index is 12.0. The number of hydrogen-bond acceptors (Lipinski definition) is 5. The fourth-order valence-corrected chi connectivity index (χ4v) is 3.03. The monoisotopic (exact) mass is 367 g/mol. The van der Waals surface area contributed by atoms with Crippen LogP contribution in [0, 0.1) is 13.8 Å².